The highest BCUT2D eigenvalue weighted by atomic mass is 32.2. The molecule has 0 aliphatic carbocycles. The first-order valence-corrected chi connectivity index (χ1v) is 4.56. The van der Waals surface area contributed by atoms with Gasteiger partial charge in [-0.1, -0.05) is 12.1 Å². The molecular formula is C8H9FO3S. The molecule has 3 nitrogen and oxygen atoms in total. The summed E-state index contributed by atoms with van der Waals surface area (Å²) < 4.78 is 32.2. The predicted molar refractivity (Wildman–Crippen MR) is 46.3 cm³/mol. The fourth-order valence-electron chi connectivity index (χ4n) is 0.745. The van der Waals surface area contributed by atoms with Crippen molar-refractivity contribution in [3.05, 3.63) is 35.6 Å². The molecule has 0 aliphatic heterocycles. The van der Waals surface area contributed by atoms with E-state index in [9.17, 15) is 8.60 Å². The number of hydrogen-bond donors (Lipinski definition) is 0. The summed E-state index contributed by atoms with van der Waals surface area (Å²) in [5.74, 6) is -0.309. The van der Waals surface area contributed by atoms with Crippen LogP contribution in [-0.2, 0) is 26.3 Å². The zero-order valence-electron chi connectivity index (χ0n) is 7.03. The monoisotopic (exact) mass is 204 g/mol. The first kappa shape index (κ1) is 10.3. The van der Waals surface area contributed by atoms with E-state index < -0.39 is 11.4 Å². The van der Waals surface area contributed by atoms with Crippen molar-refractivity contribution in [2.24, 2.45) is 0 Å². The third-order valence-corrected chi connectivity index (χ3v) is 1.95. The Kier molecular flexibility index (Phi) is 4.01. The summed E-state index contributed by atoms with van der Waals surface area (Å²) in [4.78, 5) is 0. The lowest BCUT2D eigenvalue weighted by atomic mass is 10.2. The molecule has 0 N–H and O–H groups in total. The highest BCUT2D eigenvalue weighted by Gasteiger charge is 1.98. The Bertz CT molecular complexity index is 286. The minimum absolute atomic E-state index is 0.140. The van der Waals surface area contributed by atoms with Crippen molar-refractivity contribution >= 4 is 11.4 Å². The van der Waals surface area contributed by atoms with Crippen LogP contribution in [-0.4, -0.2) is 11.3 Å². The van der Waals surface area contributed by atoms with Gasteiger partial charge >= 0.3 is 11.4 Å². The third-order valence-electron chi connectivity index (χ3n) is 1.37. The summed E-state index contributed by atoms with van der Waals surface area (Å²) >= 11 is -1.73. The van der Waals surface area contributed by atoms with Crippen molar-refractivity contribution in [1.29, 1.82) is 0 Å². The highest BCUT2D eigenvalue weighted by Crippen LogP contribution is 2.05. The van der Waals surface area contributed by atoms with E-state index >= 15 is 0 Å². The number of benzene rings is 1. The zero-order valence-corrected chi connectivity index (χ0v) is 7.84. The minimum Gasteiger partial charge on any atom is -0.272 e. The van der Waals surface area contributed by atoms with Crippen molar-refractivity contribution in [3.8, 4) is 0 Å². The van der Waals surface area contributed by atoms with E-state index in [0.29, 0.717) is 0 Å². The van der Waals surface area contributed by atoms with E-state index in [1.807, 2.05) is 0 Å². The summed E-state index contributed by atoms with van der Waals surface area (Å²) in [5, 5.41) is 0. The molecule has 0 amide bonds. The van der Waals surface area contributed by atoms with Crippen LogP contribution in [0.15, 0.2) is 24.3 Å². The van der Waals surface area contributed by atoms with Gasteiger partial charge in [0, 0.05) is 0 Å². The Morgan fingerprint density at radius 1 is 1.38 bits per heavy atom. The van der Waals surface area contributed by atoms with Crippen molar-refractivity contribution in [1.82, 2.24) is 0 Å². The molecule has 1 rings (SSSR count). The van der Waals surface area contributed by atoms with Crippen molar-refractivity contribution < 1.29 is 17.0 Å². The lowest BCUT2D eigenvalue weighted by Gasteiger charge is -2.00. The Hall–Kier alpha value is -0.780. The highest BCUT2D eigenvalue weighted by molar-refractivity contribution is 7.75. The van der Waals surface area contributed by atoms with E-state index in [2.05, 4.69) is 4.18 Å². The zero-order chi connectivity index (χ0) is 9.68. The quantitative estimate of drug-likeness (QED) is 0.746. The van der Waals surface area contributed by atoms with Crippen LogP contribution in [0, 0.1) is 5.82 Å². The summed E-state index contributed by atoms with van der Waals surface area (Å²) in [7, 11) is 1.28. The molecule has 0 aliphatic rings. The lowest BCUT2D eigenvalue weighted by Crippen LogP contribution is -1.98. The van der Waals surface area contributed by atoms with Gasteiger partial charge in [-0.05, 0) is 17.7 Å². The van der Waals surface area contributed by atoms with Crippen LogP contribution in [0.4, 0.5) is 4.39 Å². The van der Waals surface area contributed by atoms with Crippen LogP contribution >= 0.6 is 0 Å². The fraction of sp³-hybridized carbons (Fsp3) is 0.250. The standard InChI is InChI=1S/C8H9FO3S/c1-11-13(10)12-6-7-2-4-8(9)5-3-7/h2-5H,6H2,1H3. The Balaban J connectivity index is 2.46. The maximum Gasteiger partial charge on any atom is 0.304 e. The average Bonchev–Trinajstić information content (AvgIpc) is 2.16. The average molecular weight is 204 g/mol. The van der Waals surface area contributed by atoms with E-state index in [1.54, 1.807) is 12.1 Å². The molecule has 1 aromatic carbocycles. The van der Waals surface area contributed by atoms with Gasteiger partial charge in [-0.2, -0.15) is 4.21 Å². The third kappa shape index (κ3) is 3.63. The molecule has 1 unspecified atom stereocenters. The molecule has 0 saturated heterocycles. The Morgan fingerprint density at radius 2 is 2.00 bits per heavy atom. The van der Waals surface area contributed by atoms with Crippen molar-refractivity contribution in [3.63, 3.8) is 0 Å². The van der Waals surface area contributed by atoms with Gasteiger partial charge in [0.1, 0.15) is 5.82 Å². The molecule has 1 atom stereocenters. The molecule has 1 aromatic rings. The molecule has 0 aromatic heterocycles. The number of rotatable bonds is 4. The van der Waals surface area contributed by atoms with Gasteiger partial charge in [0.05, 0.1) is 13.7 Å². The first-order valence-electron chi connectivity index (χ1n) is 3.56. The van der Waals surface area contributed by atoms with Crippen LogP contribution in [0.5, 0.6) is 0 Å². The van der Waals surface area contributed by atoms with Crippen LogP contribution in [0.25, 0.3) is 0 Å². The predicted octanol–water partition coefficient (Wildman–Crippen LogP) is 1.57. The number of hydrogen-bond acceptors (Lipinski definition) is 3. The summed E-state index contributed by atoms with van der Waals surface area (Å²) in [6.07, 6.45) is 0. The van der Waals surface area contributed by atoms with E-state index in [0.717, 1.165) is 5.56 Å². The van der Waals surface area contributed by atoms with Crippen molar-refractivity contribution in [2.45, 2.75) is 6.61 Å². The molecule has 0 heterocycles. The summed E-state index contributed by atoms with van der Waals surface area (Å²) in [5.41, 5.74) is 0.742. The van der Waals surface area contributed by atoms with Gasteiger partial charge in [0.25, 0.3) is 0 Å². The molecule has 5 heteroatoms. The van der Waals surface area contributed by atoms with E-state index in [-0.39, 0.29) is 12.4 Å². The van der Waals surface area contributed by atoms with E-state index in [1.165, 1.54) is 19.2 Å². The second-order valence-electron chi connectivity index (χ2n) is 2.26. The summed E-state index contributed by atoms with van der Waals surface area (Å²) in [6, 6.07) is 5.74. The van der Waals surface area contributed by atoms with Gasteiger partial charge in [0.15, 0.2) is 0 Å². The lowest BCUT2D eigenvalue weighted by molar-refractivity contribution is 0.273. The van der Waals surface area contributed by atoms with Gasteiger partial charge in [-0.15, -0.1) is 0 Å². The first-order chi connectivity index (χ1) is 6.22. The minimum atomic E-state index is -1.73. The SMILES string of the molecule is COS(=O)OCc1ccc(F)cc1. The second kappa shape index (κ2) is 5.06. The molecule has 0 spiro atoms. The number of halogens is 1. The molecule has 0 bridgehead atoms. The smallest absolute Gasteiger partial charge is 0.272 e. The maximum absolute atomic E-state index is 12.4. The fourth-order valence-corrected chi connectivity index (χ4v) is 1.07. The van der Waals surface area contributed by atoms with Crippen LogP contribution in [0.1, 0.15) is 5.56 Å². The molecule has 0 fully saturated rings. The maximum atomic E-state index is 12.4. The van der Waals surface area contributed by atoms with Crippen LogP contribution in [0.3, 0.4) is 0 Å². The molecule has 13 heavy (non-hydrogen) atoms. The van der Waals surface area contributed by atoms with Crippen LogP contribution < -0.4 is 0 Å². The van der Waals surface area contributed by atoms with Gasteiger partial charge in [-0.25, -0.2) is 4.39 Å². The van der Waals surface area contributed by atoms with Gasteiger partial charge in [0.2, 0.25) is 0 Å². The molecule has 0 saturated carbocycles. The Morgan fingerprint density at radius 3 is 2.54 bits per heavy atom. The second-order valence-corrected chi connectivity index (χ2v) is 3.24. The topological polar surface area (TPSA) is 35.5 Å². The normalized spacial score (nSPS) is 12.8. The van der Waals surface area contributed by atoms with Gasteiger partial charge in [-0.3, -0.25) is 8.37 Å². The van der Waals surface area contributed by atoms with Crippen molar-refractivity contribution in [2.75, 3.05) is 7.11 Å². The largest absolute Gasteiger partial charge is 0.304 e. The van der Waals surface area contributed by atoms with E-state index in [4.69, 9.17) is 4.18 Å². The van der Waals surface area contributed by atoms with Gasteiger partial charge < -0.3 is 0 Å². The molecule has 0 radical (unpaired) electrons. The Labute approximate surface area is 78.3 Å². The molecule has 72 valence electrons. The van der Waals surface area contributed by atoms with Crippen LogP contribution in [0.2, 0.25) is 0 Å². The summed E-state index contributed by atoms with van der Waals surface area (Å²) in [6.45, 7) is 0.140. The molecular weight excluding hydrogens is 195 g/mol.